The van der Waals surface area contributed by atoms with E-state index in [4.69, 9.17) is 19.6 Å². The molecule has 1 atom stereocenters. The Kier molecular flexibility index (Phi) is 14.1. The molecule has 0 aliphatic rings. The number of carbonyl (C=O) groups is 4. The van der Waals surface area contributed by atoms with Crippen LogP contribution in [0, 0.1) is 0 Å². The van der Waals surface area contributed by atoms with Crippen LogP contribution in [0.3, 0.4) is 0 Å². The first-order valence-electron chi connectivity index (χ1n) is 19.4. The van der Waals surface area contributed by atoms with Gasteiger partial charge in [0.25, 0.3) is 13.9 Å². The number of benzene rings is 3. The van der Waals surface area contributed by atoms with E-state index in [0.29, 0.717) is 23.9 Å². The number of hydrogen-bond acceptors (Lipinski definition) is 9. The SMILES string of the molecule is CC(CC/C=C/C(N)=O)NC(=O)OCCO[Si](c1ccccc1)(c1ccccc1)C(C)(C)C(=O)Nc1cccn(Cc2nc3ccccc3n2C(=O)OC(C)(C)C)c1=O. The minimum atomic E-state index is -3.62. The highest BCUT2D eigenvalue weighted by molar-refractivity contribution is 7.01. The maximum absolute atomic E-state index is 14.7. The summed E-state index contributed by atoms with van der Waals surface area (Å²) in [6.07, 6.45) is 4.34. The van der Waals surface area contributed by atoms with E-state index in [1.807, 2.05) is 73.7 Å². The van der Waals surface area contributed by atoms with E-state index < -0.39 is 48.5 Å². The lowest BCUT2D eigenvalue weighted by Crippen LogP contribution is -2.70. The number of fused-ring (bicyclic) bond motifs is 1. The van der Waals surface area contributed by atoms with Gasteiger partial charge in [-0.3, -0.25) is 14.4 Å². The van der Waals surface area contributed by atoms with Crippen LogP contribution in [0.25, 0.3) is 11.0 Å². The van der Waals surface area contributed by atoms with Crippen LogP contribution in [0.1, 0.15) is 60.2 Å². The molecule has 0 aliphatic carbocycles. The number of nitrogens with two attached hydrogens (primary N) is 1. The zero-order valence-corrected chi connectivity index (χ0v) is 35.3. The summed E-state index contributed by atoms with van der Waals surface area (Å²) in [7, 11) is -3.62. The molecule has 2 heterocycles. The van der Waals surface area contributed by atoms with Crippen molar-refractivity contribution in [2.24, 2.45) is 5.73 Å². The molecule has 14 nitrogen and oxygen atoms in total. The maximum atomic E-state index is 14.7. The minimum absolute atomic E-state index is 0.0220. The summed E-state index contributed by atoms with van der Waals surface area (Å²) in [6, 6.07) is 29.0. The van der Waals surface area contributed by atoms with Crippen molar-refractivity contribution in [1.29, 1.82) is 0 Å². The van der Waals surface area contributed by atoms with Crippen molar-refractivity contribution in [3.8, 4) is 0 Å². The first-order chi connectivity index (χ1) is 28.0. The van der Waals surface area contributed by atoms with Crippen molar-refractivity contribution < 1.29 is 33.1 Å². The highest BCUT2D eigenvalue weighted by atomic mass is 28.4. The monoisotopic (exact) mass is 820 g/mol. The average Bonchev–Trinajstić information content (AvgIpc) is 3.56. The fourth-order valence-electron chi connectivity index (χ4n) is 6.81. The van der Waals surface area contributed by atoms with Crippen LogP contribution < -0.4 is 32.3 Å². The van der Waals surface area contributed by atoms with Gasteiger partial charge >= 0.3 is 12.2 Å². The number of hydrogen-bond donors (Lipinski definition) is 3. The number of anilines is 1. The van der Waals surface area contributed by atoms with E-state index in [1.54, 1.807) is 71.2 Å². The van der Waals surface area contributed by atoms with E-state index in [2.05, 4.69) is 15.6 Å². The number of nitrogens with one attached hydrogen (secondary N) is 2. The number of primary amides is 1. The van der Waals surface area contributed by atoms with Gasteiger partial charge in [-0.05, 0) is 81.3 Å². The zero-order valence-electron chi connectivity index (χ0n) is 34.3. The molecule has 5 rings (SSSR count). The third-order valence-corrected chi connectivity index (χ3v) is 14.6. The Bertz CT molecular complexity index is 2310. The number of ether oxygens (including phenoxy) is 2. The molecule has 1 unspecified atom stereocenters. The van der Waals surface area contributed by atoms with Crippen LogP contribution >= 0.6 is 0 Å². The predicted molar refractivity (Wildman–Crippen MR) is 229 cm³/mol. The largest absolute Gasteiger partial charge is 0.447 e. The summed E-state index contributed by atoms with van der Waals surface area (Å²) >= 11 is 0. The Labute approximate surface area is 344 Å². The second-order valence-electron chi connectivity index (χ2n) is 15.6. The second kappa shape index (κ2) is 19.0. The molecule has 3 aromatic carbocycles. The van der Waals surface area contributed by atoms with Gasteiger partial charge in [0.2, 0.25) is 11.8 Å². The van der Waals surface area contributed by atoms with Crippen molar-refractivity contribution in [2.45, 2.75) is 77.6 Å². The van der Waals surface area contributed by atoms with Crippen LogP contribution in [0.2, 0.25) is 5.04 Å². The number of nitrogens with zero attached hydrogens (tertiary/aromatic N) is 3. The van der Waals surface area contributed by atoms with Crippen molar-refractivity contribution >= 4 is 59.4 Å². The third kappa shape index (κ3) is 10.6. The molecule has 3 amide bonds. The zero-order chi connectivity index (χ0) is 42.8. The quantitative estimate of drug-likeness (QED) is 0.0661. The number of rotatable bonds is 16. The van der Waals surface area contributed by atoms with Crippen molar-refractivity contribution in [1.82, 2.24) is 19.4 Å². The third-order valence-electron chi connectivity index (χ3n) is 9.64. The number of imidazole rings is 1. The Morgan fingerprint density at radius 2 is 1.49 bits per heavy atom. The van der Waals surface area contributed by atoms with Crippen LogP contribution in [-0.2, 0) is 30.0 Å². The highest BCUT2D eigenvalue weighted by Crippen LogP contribution is 2.39. The molecule has 0 fully saturated rings. The Balaban J connectivity index is 1.41. The van der Waals surface area contributed by atoms with Crippen LogP contribution in [0.4, 0.5) is 15.3 Å². The number of carbonyl (C=O) groups excluding carboxylic acids is 4. The maximum Gasteiger partial charge on any atom is 0.420 e. The summed E-state index contributed by atoms with van der Waals surface area (Å²) < 4.78 is 20.8. The first-order valence-corrected chi connectivity index (χ1v) is 21.3. The molecule has 0 aliphatic heterocycles. The van der Waals surface area contributed by atoms with Gasteiger partial charge in [0.05, 0.1) is 29.2 Å². The van der Waals surface area contributed by atoms with Gasteiger partial charge in [0.1, 0.15) is 23.7 Å². The lowest BCUT2D eigenvalue weighted by atomic mass is 10.2. The van der Waals surface area contributed by atoms with Crippen LogP contribution in [-0.4, -0.2) is 71.3 Å². The molecule has 59 heavy (non-hydrogen) atoms. The van der Waals surface area contributed by atoms with Crippen molar-refractivity contribution in [3.05, 3.63) is 132 Å². The number of amides is 3. The lowest BCUT2D eigenvalue weighted by Gasteiger charge is -2.43. The molecule has 5 aromatic rings. The van der Waals surface area contributed by atoms with Crippen molar-refractivity contribution in [3.63, 3.8) is 0 Å². The van der Waals surface area contributed by atoms with E-state index in [0.717, 1.165) is 10.4 Å². The summed E-state index contributed by atoms with van der Waals surface area (Å²) in [5.41, 5.74) is 4.97. The standard InChI is InChI=1S/C44H52N6O8Si/c1-31(18-13-16-26-37(45)51)46-41(54)56-28-29-57-59(32-19-9-7-10-20-32,33-21-11-8-12-22-33)44(5,6)40(53)48-35-24-17-27-49(39(35)52)30-38-47-34-23-14-15-25-36(34)50(38)42(55)58-43(2,3)4/h7-12,14-17,19-27,31H,13,18,28-30H2,1-6H3,(H2,45,51)(H,46,54)(H,48,53)/b26-16+. The average molecular weight is 821 g/mol. The Morgan fingerprint density at radius 3 is 2.12 bits per heavy atom. The van der Waals surface area contributed by atoms with Gasteiger partial charge < -0.3 is 34.8 Å². The highest BCUT2D eigenvalue weighted by Gasteiger charge is 2.57. The molecule has 0 bridgehead atoms. The minimum Gasteiger partial charge on any atom is -0.447 e. The van der Waals surface area contributed by atoms with E-state index in [9.17, 15) is 24.0 Å². The molecule has 0 radical (unpaired) electrons. The predicted octanol–water partition coefficient (Wildman–Crippen LogP) is 5.46. The summed E-state index contributed by atoms with van der Waals surface area (Å²) in [4.78, 5) is 70.6. The molecular formula is C44H52N6O8Si. The fourth-order valence-corrected chi connectivity index (χ4v) is 11.4. The fraction of sp³-hybridized carbons (Fsp3) is 0.318. The van der Waals surface area contributed by atoms with Crippen LogP contribution in [0.5, 0.6) is 0 Å². The van der Waals surface area contributed by atoms with E-state index in [1.165, 1.54) is 21.3 Å². The molecule has 0 saturated heterocycles. The molecule has 4 N–H and O–H groups in total. The lowest BCUT2D eigenvalue weighted by molar-refractivity contribution is -0.118. The summed E-state index contributed by atoms with van der Waals surface area (Å²) in [5.74, 6) is -0.723. The smallest absolute Gasteiger partial charge is 0.420 e. The van der Waals surface area contributed by atoms with E-state index >= 15 is 0 Å². The Morgan fingerprint density at radius 1 is 0.864 bits per heavy atom. The van der Waals surface area contributed by atoms with Gasteiger partial charge in [-0.25, -0.2) is 19.1 Å². The van der Waals surface area contributed by atoms with Gasteiger partial charge in [-0.15, -0.1) is 0 Å². The van der Waals surface area contributed by atoms with E-state index in [-0.39, 0.29) is 37.3 Å². The normalized spacial score (nSPS) is 12.6. The van der Waals surface area contributed by atoms with Gasteiger partial charge in [0, 0.05) is 12.2 Å². The molecule has 15 heteroatoms. The Hall–Kier alpha value is -6.32. The summed E-state index contributed by atoms with van der Waals surface area (Å²) in [5, 5.41) is 5.99. The second-order valence-corrected chi connectivity index (χ2v) is 19.6. The molecule has 0 spiro atoms. The van der Waals surface area contributed by atoms with Gasteiger partial charge in [-0.1, -0.05) is 92.7 Å². The molecule has 310 valence electrons. The molecular weight excluding hydrogens is 769 g/mol. The van der Waals surface area contributed by atoms with Crippen LogP contribution in [0.15, 0.2) is 120 Å². The number of aromatic nitrogens is 3. The first kappa shape index (κ1) is 43.8. The van der Waals surface area contributed by atoms with Gasteiger partial charge in [0.15, 0.2) is 0 Å². The number of allylic oxidation sites excluding steroid dienone is 1. The number of pyridine rings is 1. The number of para-hydroxylation sites is 2. The van der Waals surface area contributed by atoms with Crippen molar-refractivity contribution in [2.75, 3.05) is 18.5 Å². The topological polar surface area (TPSA) is 186 Å². The molecule has 2 aromatic heterocycles. The summed E-state index contributed by atoms with van der Waals surface area (Å²) in [6.45, 7) is 10.5. The number of alkyl carbamates (subject to hydrolysis) is 1. The van der Waals surface area contributed by atoms with Gasteiger partial charge in [-0.2, -0.15) is 0 Å². The molecule has 0 saturated carbocycles.